The van der Waals surface area contributed by atoms with Crippen molar-refractivity contribution in [3.05, 3.63) is 29.8 Å². The van der Waals surface area contributed by atoms with Crippen LogP contribution in [-0.2, 0) is 9.53 Å². The van der Waals surface area contributed by atoms with Crippen LogP contribution < -0.4 is 0 Å². The molecule has 1 aromatic carbocycles. The zero-order chi connectivity index (χ0) is 11.3. The number of ketones is 1. The predicted molar refractivity (Wildman–Crippen MR) is 59.3 cm³/mol. The fourth-order valence-corrected chi connectivity index (χ4v) is 1.43. The third kappa shape index (κ3) is 3.40. The molecule has 0 saturated carbocycles. The molecule has 0 heterocycles. The van der Waals surface area contributed by atoms with Crippen LogP contribution >= 0.6 is 12.6 Å². The average molecular weight is 224 g/mol. The summed E-state index contributed by atoms with van der Waals surface area (Å²) in [5, 5.41) is 0. The van der Waals surface area contributed by atoms with Crippen LogP contribution in [0.25, 0.3) is 0 Å². The van der Waals surface area contributed by atoms with E-state index in [0.29, 0.717) is 10.5 Å². The number of benzene rings is 1. The Morgan fingerprint density at radius 3 is 2.60 bits per heavy atom. The van der Waals surface area contributed by atoms with Crippen LogP contribution in [0.5, 0.6) is 0 Å². The smallest absolute Gasteiger partial charge is 0.313 e. The van der Waals surface area contributed by atoms with E-state index >= 15 is 0 Å². The molecule has 0 saturated heterocycles. The molecular formula is C11H12O3S. The number of hydrogen-bond donors (Lipinski definition) is 1. The van der Waals surface area contributed by atoms with Gasteiger partial charge < -0.3 is 4.74 Å². The van der Waals surface area contributed by atoms with Gasteiger partial charge in [0.05, 0.1) is 6.61 Å². The SMILES string of the molecule is CCOC(=O)CC(=O)c1ccccc1S. The van der Waals surface area contributed by atoms with Crippen molar-refractivity contribution in [2.75, 3.05) is 6.61 Å². The van der Waals surface area contributed by atoms with E-state index in [2.05, 4.69) is 17.4 Å². The lowest BCUT2D eigenvalue weighted by Gasteiger charge is -2.03. The fourth-order valence-electron chi connectivity index (χ4n) is 1.15. The Kier molecular flexibility index (Phi) is 4.37. The van der Waals surface area contributed by atoms with Gasteiger partial charge in [-0.05, 0) is 13.0 Å². The molecule has 0 N–H and O–H groups in total. The molecule has 0 bridgehead atoms. The Morgan fingerprint density at radius 1 is 1.33 bits per heavy atom. The van der Waals surface area contributed by atoms with Crippen LogP contribution in [0, 0.1) is 0 Å². The number of ether oxygens (including phenoxy) is 1. The maximum Gasteiger partial charge on any atom is 0.313 e. The van der Waals surface area contributed by atoms with Crippen LogP contribution in [0.15, 0.2) is 29.2 Å². The second-order valence-corrected chi connectivity index (χ2v) is 3.40. The molecule has 0 atom stereocenters. The van der Waals surface area contributed by atoms with Crippen LogP contribution in [-0.4, -0.2) is 18.4 Å². The van der Waals surface area contributed by atoms with Crippen molar-refractivity contribution in [3.63, 3.8) is 0 Å². The monoisotopic (exact) mass is 224 g/mol. The van der Waals surface area contributed by atoms with E-state index in [-0.39, 0.29) is 18.8 Å². The van der Waals surface area contributed by atoms with Crippen molar-refractivity contribution >= 4 is 24.4 Å². The highest BCUT2D eigenvalue weighted by molar-refractivity contribution is 7.80. The van der Waals surface area contributed by atoms with Crippen molar-refractivity contribution in [3.8, 4) is 0 Å². The molecule has 0 amide bonds. The molecule has 0 aliphatic carbocycles. The standard InChI is InChI=1S/C11H12O3S/c1-2-14-11(13)7-9(12)8-5-3-4-6-10(8)15/h3-6,15H,2,7H2,1H3. The molecule has 15 heavy (non-hydrogen) atoms. The third-order valence-electron chi connectivity index (χ3n) is 1.81. The van der Waals surface area contributed by atoms with Crippen molar-refractivity contribution < 1.29 is 14.3 Å². The van der Waals surface area contributed by atoms with E-state index in [0.717, 1.165) is 0 Å². The highest BCUT2D eigenvalue weighted by atomic mass is 32.1. The Bertz CT molecular complexity index is 374. The van der Waals surface area contributed by atoms with Crippen LogP contribution in [0.4, 0.5) is 0 Å². The van der Waals surface area contributed by atoms with Gasteiger partial charge in [0.2, 0.25) is 0 Å². The summed E-state index contributed by atoms with van der Waals surface area (Å²) in [6, 6.07) is 6.87. The molecule has 0 aliphatic rings. The molecule has 0 fully saturated rings. The minimum atomic E-state index is -0.501. The first kappa shape index (κ1) is 11.8. The van der Waals surface area contributed by atoms with E-state index in [1.807, 2.05) is 0 Å². The van der Waals surface area contributed by atoms with E-state index in [1.54, 1.807) is 31.2 Å². The van der Waals surface area contributed by atoms with Crippen molar-refractivity contribution in [2.24, 2.45) is 0 Å². The molecular weight excluding hydrogens is 212 g/mol. The first-order valence-electron chi connectivity index (χ1n) is 4.62. The highest BCUT2D eigenvalue weighted by Crippen LogP contribution is 2.14. The van der Waals surface area contributed by atoms with E-state index < -0.39 is 5.97 Å². The van der Waals surface area contributed by atoms with Crippen LogP contribution in [0.1, 0.15) is 23.7 Å². The van der Waals surface area contributed by atoms with Gasteiger partial charge in [0.1, 0.15) is 6.42 Å². The average Bonchev–Trinajstić information content (AvgIpc) is 2.18. The number of hydrogen-bond acceptors (Lipinski definition) is 4. The van der Waals surface area contributed by atoms with Crippen LogP contribution in [0.2, 0.25) is 0 Å². The normalized spacial score (nSPS) is 9.73. The molecule has 1 aromatic rings. The minimum Gasteiger partial charge on any atom is -0.466 e. The Morgan fingerprint density at radius 2 is 2.00 bits per heavy atom. The molecule has 0 spiro atoms. The largest absolute Gasteiger partial charge is 0.466 e. The number of esters is 1. The molecule has 0 aromatic heterocycles. The lowest BCUT2D eigenvalue weighted by molar-refractivity contribution is -0.141. The number of carbonyl (C=O) groups excluding carboxylic acids is 2. The molecule has 4 heteroatoms. The summed E-state index contributed by atoms with van der Waals surface area (Å²) in [4.78, 5) is 23.2. The second-order valence-electron chi connectivity index (χ2n) is 2.92. The van der Waals surface area contributed by atoms with Crippen molar-refractivity contribution in [1.29, 1.82) is 0 Å². The van der Waals surface area contributed by atoms with Crippen molar-refractivity contribution in [1.82, 2.24) is 0 Å². The summed E-state index contributed by atoms with van der Waals surface area (Å²) in [5.41, 5.74) is 0.453. The number of rotatable bonds is 4. The summed E-state index contributed by atoms with van der Waals surface area (Å²) in [6.07, 6.45) is -0.231. The summed E-state index contributed by atoms with van der Waals surface area (Å²) in [5.74, 6) is -0.766. The van der Waals surface area contributed by atoms with Gasteiger partial charge in [-0.1, -0.05) is 18.2 Å². The Labute approximate surface area is 93.8 Å². The van der Waals surface area contributed by atoms with Gasteiger partial charge >= 0.3 is 5.97 Å². The highest BCUT2D eigenvalue weighted by Gasteiger charge is 2.14. The van der Waals surface area contributed by atoms with Gasteiger partial charge in [0.15, 0.2) is 5.78 Å². The van der Waals surface area contributed by atoms with Gasteiger partial charge in [-0.2, -0.15) is 0 Å². The Hall–Kier alpha value is -1.29. The van der Waals surface area contributed by atoms with Crippen molar-refractivity contribution in [2.45, 2.75) is 18.2 Å². The number of carbonyl (C=O) groups is 2. The third-order valence-corrected chi connectivity index (χ3v) is 2.20. The summed E-state index contributed by atoms with van der Waals surface area (Å²) in [7, 11) is 0. The number of Topliss-reactive ketones (excluding diaryl/α,β-unsaturated/α-hetero) is 1. The maximum absolute atomic E-state index is 11.6. The Balaban J connectivity index is 2.70. The topological polar surface area (TPSA) is 43.4 Å². The molecule has 0 aliphatic heterocycles. The molecule has 0 unspecified atom stereocenters. The summed E-state index contributed by atoms with van der Waals surface area (Å²) >= 11 is 4.14. The zero-order valence-electron chi connectivity index (χ0n) is 8.40. The van der Waals surface area contributed by atoms with Gasteiger partial charge in [0, 0.05) is 10.5 Å². The lowest BCUT2D eigenvalue weighted by atomic mass is 10.1. The lowest BCUT2D eigenvalue weighted by Crippen LogP contribution is -2.11. The first-order valence-corrected chi connectivity index (χ1v) is 5.06. The maximum atomic E-state index is 11.6. The minimum absolute atomic E-state index is 0.231. The predicted octanol–water partition coefficient (Wildman–Crippen LogP) is 2.11. The van der Waals surface area contributed by atoms with Gasteiger partial charge in [-0.3, -0.25) is 9.59 Å². The quantitative estimate of drug-likeness (QED) is 0.368. The summed E-state index contributed by atoms with van der Waals surface area (Å²) < 4.78 is 4.69. The van der Waals surface area contributed by atoms with E-state index in [9.17, 15) is 9.59 Å². The molecule has 80 valence electrons. The van der Waals surface area contributed by atoms with E-state index in [1.165, 1.54) is 0 Å². The van der Waals surface area contributed by atoms with Gasteiger partial charge in [-0.25, -0.2) is 0 Å². The fraction of sp³-hybridized carbons (Fsp3) is 0.273. The molecule has 0 radical (unpaired) electrons. The second kappa shape index (κ2) is 5.56. The molecule has 3 nitrogen and oxygen atoms in total. The first-order chi connectivity index (χ1) is 7.15. The van der Waals surface area contributed by atoms with Gasteiger partial charge in [-0.15, -0.1) is 12.6 Å². The zero-order valence-corrected chi connectivity index (χ0v) is 9.29. The van der Waals surface area contributed by atoms with Crippen LogP contribution in [0.3, 0.4) is 0 Å². The van der Waals surface area contributed by atoms with E-state index in [4.69, 9.17) is 0 Å². The summed E-state index contributed by atoms with van der Waals surface area (Å²) in [6.45, 7) is 1.99. The molecule has 1 rings (SSSR count). The van der Waals surface area contributed by atoms with Gasteiger partial charge in [0.25, 0.3) is 0 Å². The number of thiol groups is 1.